The van der Waals surface area contributed by atoms with Crippen LogP contribution in [0.15, 0.2) is 24.5 Å². The molecule has 5 nitrogen and oxygen atoms in total. The van der Waals surface area contributed by atoms with Crippen LogP contribution in [-0.2, 0) is 4.43 Å². The molecule has 0 aliphatic heterocycles. The average Bonchev–Trinajstić information content (AvgIpc) is 2.92. The molecule has 0 aromatic carbocycles. The molecule has 0 saturated carbocycles. The van der Waals surface area contributed by atoms with Gasteiger partial charge in [-0.25, -0.2) is 9.50 Å². The van der Waals surface area contributed by atoms with Gasteiger partial charge in [0.05, 0.1) is 5.69 Å². The lowest BCUT2D eigenvalue weighted by Crippen LogP contribution is -2.44. The summed E-state index contributed by atoms with van der Waals surface area (Å²) >= 11 is 0. The van der Waals surface area contributed by atoms with Gasteiger partial charge in [0.2, 0.25) is 0 Å². The molecule has 2 aromatic heterocycles. The van der Waals surface area contributed by atoms with Crippen molar-refractivity contribution in [3.63, 3.8) is 0 Å². The fourth-order valence-corrected chi connectivity index (χ4v) is 4.34. The van der Waals surface area contributed by atoms with Crippen LogP contribution in [0.2, 0.25) is 18.1 Å². The molecule has 130 valence electrons. The predicted octanol–water partition coefficient (Wildman–Crippen LogP) is 4.27. The Labute approximate surface area is 145 Å². The molecule has 1 atom stereocenters. The van der Waals surface area contributed by atoms with E-state index in [1.807, 2.05) is 10.6 Å². The van der Waals surface area contributed by atoms with Crippen LogP contribution < -0.4 is 5.73 Å². The average molecular weight is 345 g/mol. The Morgan fingerprint density at radius 1 is 1.29 bits per heavy atom. The van der Waals surface area contributed by atoms with Gasteiger partial charge in [-0.15, -0.1) is 0 Å². The molecule has 0 spiro atoms. The molecule has 24 heavy (non-hydrogen) atoms. The van der Waals surface area contributed by atoms with Crippen molar-refractivity contribution in [3.8, 4) is 0 Å². The standard InChI is InChI=1S/C18H28N4OSi/c1-18(2,3)24(4,5)23-14-8-6-13(7-9-14)15-10-11-16-17(19)20-12-21-22(15)16/h6,10-12,14H,7-9H2,1-5H3,(H2,19,20,21). The van der Waals surface area contributed by atoms with E-state index in [1.165, 1.54) is 11.9 Å². The van der Waals surface area contributed by atoms with Crippen LogP contribution in [0.4, 0.5) is 5.82 Å². The fraction of sp³-hybridized carbons (Fsp3) is 0.556. The molecule has 2 N–H and O–H groups in total. The maximum Gasteiger partial charge on any atom is 0.192 e. The van der Waals surface area contributed by atoms with Crippen LogP contribution >= 0.6 is 0 Å². The van der Waals surface area contributed by atoms with E-state index >= 15 is 0 Å². The number of aromatic nitrogens is 3. The highest BCUT2D eigenvalue weighted by Gasteiger charge is 2.39. The van der Waals surface area contributed by atoms with Crippen molar-refractivity contribution in [3.05, 3.63) is 30.2 Å². The maximum absolute atomic E-state index is 6.56. The highest BCUT2D eigenvalue weighted by atomic mass is 28.4. The van der Waals surface area contributed by atoms with Gasteiger partial charge in [0.1, 0.15) is 11.8 Å². The number of fused-ring (bicyclic) bond motifs is 1. The zero-order chi connectivity index (χ0) is 17.5. The van der Waals surface area contributed by atoms with E-state index < -0.39 is 8.32 Å². The number of nitrogen functional groups attached to an aromatic ring is 1. The van der Waals surface area contributed by atoms with Gasteiger partial charge >= 0.3 is 0 Å². The molecule has 3 rings (SSSR count). The van der Waals surface area contributed by atoms with Gasteiger partial charge in [-0.05, 0) is 55.1 Å². The van der Waals surface area contributed by atoms with Gasteiger partial charge in [0, 0.05) is 6.10 Å². The first-order valence-corrected chi connectivity index (χ1v) is 11.6. The lowest BCUT2D eigenvalue weighted by atomic mass is 9.95. The number of rotatable bonds is 3. The van der Waals surface area contributed by atoms with Gasteiger partial charge in [-0.2, -0.15) is 5.10 Å². The third-order valence-corrected chi connectivity index (χ3v) is 9.98. The summed E-state index contributed by atoms with van der Waals surface area (Å²) in [4.78, 5) is 4.05. The van der Waals surface area contributed by atoms with Gasteiger partial charge in [0.15, 0.2) is 14.1 Å². The Morgan fingerprint density at radius 3 is 2.67 bits per heavy atom. The monoisotopic (exact) mass is 344 g/mol. The molecule has 0 saturated heterocycles. The van der Waals surface area contributed by atoms with Gasteiger partial charge in [0.25, 0.3) is 0 Å². The minimum Gasteiger partial charge on any atom is -0.414 e. The van der Waals surface area contributed by atoms with Crippen molar-refractivity contribution in [1.82, 2.24) is 14.6 Å². The molecular weight excluding hydrogens is 316 g/mol. The largest absolute Gasteiger partial charge is 0.414 e. The highest BCUT2D eigenvalue weighted by molar-refractivity contribution is 6.74. The molecule has 1 unspecified atom stereocenters. The molecule has 0 fully saturated rings. The van der Waals surface area contributed by atoms with E-state index in [0.29, 0.717) is 11.9 Å². The number of anilines is 1. The quantitative estimate of drug-likeness (QED) is 0.845. The minimum absolute atomic E-state index is 0.253. The summed E-state index contributed by atoms with van der Waals surface area (Å²) < 4.78 is 8.45. The third-order valence-electron chi connectivity index (χ3n) is 5.44. The minimum atomic E-state index is -1.70. The molecule has 0 radical (unpaired) electrons. The van der Waals surface area contributed by atoms with Crippen LogP contribution in [0.25, 0.3) is 11.1 Å². The number of hydrogen-bond donors (Lipinski definition) is 1. The second-order valence-corrected chi connectivity index (χ2v) is 12.9. The summed E-state index contributed by atoms with van der Waals surface area (Å²) in [6, 6.07) is 4.07. The summed E-state index contributed by atoms with van der Waals surface area (Å²) in [5.74, 6) is 0.520. The Kier molecular flexibility index (Phi) is 4.30. The summed E-state index contributed by atoms with van der Waals surface area (Å²) in [7, 11) is -1.70. The smallest absolute Gasteiger partial charge is 0.192 e. The van der Waals surface area contributed by atoms with Crippen molar-refractivity contribution in [2.24, 2.45) is 0 Å². The van der Waals surface area contributed by atoms with E-state index in [-0.39, 0.29) is 5.04 Å². The Hall–Kier alpha value is -1.66. The topological polar surface area (TPSA) is 65.4 Å². The SMILES string of the molecule is CC(C)(C)[Si](C)(C)OC1CC=C(c2ccc3c(N)ncnn23)CC1. The molecule has 1 aliphatic carbocycles. The normalized spacial score (nSPS) is 19.5. The van der Waals surface area contributed by atoms with Crippen LogP contribution in [0, 0.1) is 0 Å². The maximum atomic E-state index is 6.56. The van der Waals surface area contributed by atoms with Crippen LogP contribution in [0.1, 0.15) is 45.7 Å². The van der Waals surface area contributed by atoms with Crippen LogP contribution in [-0.4, -0.2) is 29.0 Å². The van der Waals surface area contributed by atoms with Crippen molar-refractivity contribution in [2.45, 2.75) is 64.3 Å². The number of hydrogen-bond acceptors (Lipinski definition) is 4. The number of nitrogens with two attached hydrogens (primary N) is 1. The highest BCUT2D eigenvalue weighted by Crippen LogP contribution is 2.39. The number of allylic oxidation sites excluding steroid dienone is 1. The molecule has 2 heterocycles. The Morgan fingerprint density at radius 2 is 2.04 bits per heavy atom. The van der Waals surface area contributed by atoms with E-state index in [1.54, 1.807) is 0 Å². The Balaban J connectivity index is 1.77. The third kappa shape index (κ3) is 3.12. The van der Waals surface area contributed by atoms with E-state index in [4.69, 9.17) is 10.2 Å². The second-order valence-electron chi connectivity index (χ2n) is 8.16. The Bertz CT molecular complexity index is 773. The van der Waals surface area contributed by atoms with E-state index in [9.17, 15) is 0 Å². The second kappa shape index (κ2) is 6.00. The van der Waals surface area contributed by atoms with Crippen molar-refractivity contribution < 1.29 is 4.43 Å². The van der Waals surface area contributed by atoms with Gasteiger partial charge < -0.3 is 10.2 Å². The molecule has 2 aromatic rings. The summed E-state index contributed by atoms with van der Waals surface area (Å²) in [5, 5.41) is 4.60. The van der Waals surface area contributed by atoms with Crippen molar-refractivity contribution in [2.75, 3.05) is 5.73 Å². The van der Waals surface area contributed by atoms with Crippen molar-refractivity contribution >= 4 is 25.2 Å². The molecule has 0 amide bonds. The summed E-state index contributed by atoms with van der Waals surface area (Å²) in [6.45, 7) is 11.5. The summed E-state index contributed by atoms with van der Waals surface area (Å²) in [5.41, 5.74) is 9.23. The molecular formula is C18H28N4OSi. The fourth-order valence-electron chi connectivity index (χ4n) is 2.94. The number of nitrogens with zero attached hydrogens (tertiary/aromatic N) is 3. The zero-order valence-electron chi connectivity index (χ0n) is 15.3. The van der Waals surface area contributed by atoms with Gasteiger partial charge in [-0.1, -0.05) is 26.8 Å². The lowest BCUT2D eigenvalue weighted by Gasteiger charge is -2.40. The van der Waals surface area contributed by atoms with Crippen molar-refractivity contribution in [1.29, 1.82) is 0 Å². The predicted molar refractivity (Wildman–Crippen MR) is 101 cm³/mol. The molecule has 1 aliphatic rings. The summed E-state index contributed by atoms with van der Waals surface area (Å²) in [6.07, 6.45) is 7.19. The van der Waals surface area contributed by atoms with Crippen LogP contribution in [0.3, 0.4) is 0 Å². The molecule has 6 heteroatoms. The first-order valence-electron chi connectivity index (χ1n) is 8.64. The molecule has 0 bridgehead atoms. The lowest BCUT2D eigenvalue weighted by molar-refractivity contribution is 0.172. The van der Waals surface area contributed by atoms with E-state index in [2.05, 4.69) is 56.1 Å². The van der Waals surface area contributed by atoms with E-state index in [0.717, 1.165) is 30.5 Å². The first-order chi connectivity index (χ1) is 11.2. The zero-order valence-corrected chi connectivity index (χ0v) is 16.3. The van der Waals surface area contributed by atoms with Crippen LogP contribution in [0.5, 0.6) is 0 Å². The first kappa shape index (κ1) is 17.2. The van der Waals surface area contributed by atoms with Gasteiger partial charge in [-0.3, -0.25) is 0 Å².